The zero-order valence-corrected chi connectivity index (χ0v) is 13.2. The summed E-state index contributed by atoms with van der Waals surface area (Å²) in [5, 5.41) is 9.63. The molecule has 9 heteroatoms. The van der Waals surface area contributed by atoms with Crippen molar-refractivity contribution < 1.29 is 13.2 Å². The molecule has 24 heavy (non-hydrogen) atoms. The molecule has 2 rings (SSSR count). The van der Waals surface area contributed by atoms with Gasteiger partial charge in [-0.3, -0.25) is 0 Å². The fourth-order valence-electron chi connectivity index (χ4n) is 1.93. The van der Waals surface area contributed by atoms with Gasteiger partial charge in [0.15, 0.2) is 5.96 Å². The molecule has 2 N–H and O–H groups in total. The topological polar surface area (TPSA) is 67.1 Å². The van der Waals surface area contributed by atoms with E-state index in [1.54, 1.807) is 11.0 Å². The molecule has 1 aromatic carbocycles. The van der Waals surface area contributed by atoms with E-state index in [2.05, 4.69) is 25.7 Å². The summed E-state index contributed by atoms with van der Waals surface area (Å²) in [6.07, 6.45) is -2.03. The summed E-state index contributed by atoms with van der Waals surface area (Å²) >= 11 is 0. The summed E-state index contributed by atoms with van der Waals surface area (Å²) in [5.74, 6) is 0.363. The lowest BCUT2D eigenvalue weighted by atomic mass is 10.2. The molecular weight excluding hydrogens is 321 g/mol. The number of nitrogens with zero attached hydrogens (tertiary/aromatic N) is 4. The summed E-state index contributed by atoms with van der Waals surface area (Å²) in [5.41, 5.74) is 1.81. The Bertz CT molecular complexity index is 634. The summed E-state index contributed by atoms with van der Waals surface area (Å²) in [6, 6.07) is 7.53. The van der Waals surface area contributed by atoms with Gasteiger partial charge in [0.1, 0.15) is 12.7 Å². The lowest BCUT2D eigenvalue weighted by Gasteiger charge is -2.12. The van der Waals surface area contributed by atoms with Gasteiger partial charge in [-0.1, -0.05) is 12.1 Å². The van der Waals surface area contributed by atoms with Gasteiger partial charge < -0.3 is 10.6 Å². The highest BCUT2D eigenvalue weighted by Crippen LogP contribution is 2.18. The van der Waals surface area contributed by atoms with E-state index in [0.29, 0.717) is 19.0 Å². The van der Waals surface area contributed by atoms with Crippen molar-refractivity contribution in [2.45, 2.75) is 26.1 Å². The van der Waals surface area contributed by atoms with Crippen LogP contribution in [0.5, 0.6) is 0 Å². The number of benzene rings is 1. The molecule has 0 unspecified atom stereocenters. The number of nitrogens with one attached hydrogen (secondary N) is 2. The van der Waals surface area contributed by atoms with Gasteiger partial charge in [-0.2, -0.15) is 18.3 Å². The van der Waals surface area contributed by atoms with Gasteiger partial charge in [-0.25, -0.2) is 14.7 Å². The fraction of sp³-hybridized carbons (Fsp3) is 0.400. The van der Waals surface area contributed by atoms with Gasteiger partial charge in [0.05, 0.1) is 18.7 Å². The van der Waals surface area contributed by atoms with Crippen molar-refractivity contribution in [1.29, 1.82) is 0 Å². The molecule has 0 aliphatic heterocycles. The molecule has 1 aromatic heterocycles. The van der Waals surface area contributed by atoms with Crippen LogP contribution in [-0.2, 0) is 6.54 Å². The van der Waals surface area contributed by atoms with Crippen LogP contribution in [0.4, 0.5) is 13.2 Å². The average molecular weight is 340 g/mol. The number of halogens is 3. The van der Waals surface area contributed by atoms with Gasteiger partial charge >= 0.3 is 6.18 Å². The van der Waals surface area contributed by atoms with Crippen molar-refractivity contribution in [3.05, 3.63) is 42.5 Å². The van der Waals surface area contributed by atoms with Crippen molar-refractivity contribution in [2.75, 3.05) is 13.1 Å². The number of rotatable bonds is 6. The van der Waals surface area contributed by atoms with E-state index in [1.807, 2.05) is 31.2 Å². The maximum absolute atomic E-state index is 12.2. The molecule has 0 atom stereocenters. The zero-order valence-electron chi connectivity index (χ0n) is 13.2. The molecule has 0 fully saturated rings. The molecule has 0 spiro atoms. The van der Waals surface area contributed by atoms with Crippen LogP contribution in [0.25, 0.3) is 5.69 Å². The normalized spacial score (nSPS) is 12.2. The number of hydrogen-bond donors (Lipinski definition) is 2. The van der Waals surface area contributed by atoms with E-state index < -0.39 is 12.6 Å². The van der Waals surface area contributed by atoms with Crippen LogP contribution in [-0.4, -0.2) is 40.0 Å². The van der Waals surface area contributed by atoms with Crippen molar-refractivity contribution >= 4 is 5.96 Å². The van der Waals surface area contributed by atoms with Crippen LogP contribution in [0.15, 0.2) is 41.9 Å². The van der Waals surface area contributed by atoms with E-state index in [9.17, 15) is 13.2 Å². The average Bonchev–Trinajstić information content (AvgIpc) is 3.06. The van der Waals surface area contributed by atoms with Crippen molar-refractivity contribution in [2.24, 2.45) is 4.99 Å². The summed E-state index contributed by atoms with van der Waals surface area (Å²) in [4.78, 5) is 8.17. The Morgan fingerprint density at radius 2 is 1.96 bits per heavy atom. The first kappa shape index (κ1) is 17.8. The molecule has 0 radical (unpaired) electrons. The predicted octanol–water partition coefficient (Wildman–Crippen LogP) is 2.27. The largest absolute Gasteiger partial charge is 0.390 e. The molecule has 0 amide bonds. The molecule has 0 saturated carbocycles. The highest BCUT2D eigenvalue weighted by atomic mass is 19.4. The molecule has 6 nitrogen and oxygen atoms in total. The van der Waals surface area contributed by atoms with E-state index >= 15 is 0 Å². The number of aromatic nitrogens is 3. The highest BCUT2D eigenvalue weighted by molar-refractivity contribution is 5.79. The molecule has 130 valence electrons. The first-order valence-electron chi connectivity index (χ1n) is 7.51. The lowest BCUT2D eigenvalue weighted by molar-refractivity contribution is -0.132. The Balaban J connectivity index is 1.92. The molecule has 0 saturated heterocycles. The van der Waals surface area contributed by atoms with Crippen molar-refractivity contribution in [1.82, 2.24) is 25.4 Å². The van der Waals surface area contributed by atoms with Gasteiger partial charge in [0.2, 0.25) is 0 Å². The summed E-state index contributed by atoms with van der Waals surface area (Å²) in [7, 11) is 0. The minimum Gasteiger partial charge on any atom is -0.357 e. The quantitative estimate of drug-likeness (QED) is 0.625. The van der Waals surface area contributed by atoms with E-state index in [-0.39, 0.29) is 6.54 Å². The van der Waals surface area contributed by atoms with Crippen molar-refractivity contribution in [3.63, 3.8) is 0 Å². The van der Waals surface area contributed by atoms with Crippen LogP contribution < -0.4 is 10.6 Å². The third-order valence-corrected chi connectivity index (χ3v) is 3.08. The number of hydrogen-bond acceptors (Lipinski definition) is 3. The van der Waals surface area contributed by atoms with Crippen LogP contribution in [0, 0.1) is 0 Å². The lowest BCUT2D eigenvalue weighted by Crippen LogP contribution is -2.38. The third-order valence-electron chi connectivity index (χ3n) is 3.08. The number of guanidine groups is 1. The van der Waals surface area contributed by atoms with Crippen LogP contribution in [0.3, 0.4) is 0 Å². The monoisotopic (exact) mass is 340 g/mol. The first-order chi connectivity index (χ1) is 11.5. The molecule has 0 aliphatic carbocycles. The SMILES string of the molecule is CCNC(=NCc1ccc(-n2cncn2)cc1)NCCC(F)(F)F. The summed E-state index contributed by atoms with van der Waals surface area (Å²) in [6.45, 7) is 2.58. The number of alkyl halides is 3. The Labute approximate surface area is 137 Å². The second-order valence-electron chi connectivity index (χ2n) is 4.99. The Kier molecular flexibility index (Phi) is 6.16. The third kappa shape index (κ3) is 5.90. The Hall–Kier alpha value is -2.58. The van der Waals surface area contributed by atoms with Gasteiger partial charge in [0.25, 0.3) is 0 Å². The predicted molar refractivity (Wildman–Crippen MR) is 84.8 cm³/mol. The Morgan fingerprint density at radius 3 is 2.54 bits per heavy atom. The van der Waals surface area contributed by atoms with E-state index in [4.69, 9.17) is 0 Å². The second kappa shape index (κ2) is 8.32. The van der Waals surface area contributed by atoms with Gasteiger partial charge in [-0.15, -0.1) is 0 Å². The van der Waals surface area contributed by atoms with Crippen LogP contribution in [0.1, 0.15) is 18.9 Å². The highest BCUT2D eigenvalue weighted by Gasteiger charge is 2.26. The van der Waals surface area contributed by atoms with Crippen molar-refractivity contribution in [3.8, 4) is 5.69 Å². The number of aliphatic imine (C=N–C) groups is 1. The van der Waals surface area contributed by atoms with Gasteiger partial charge in [0, 0.05) is 13.1 Å². The summed E-state index contributed by atoms with van der Waals surface area (Å²) < 4.78 is 38.2. The standard InChI is InChI=1S/C15H19F3N6/c1-2-20-14(21-8-7-15(16,17)18)22-9-12-3-5-13(6-4-12)24-11-19-10-23-24/h3-6,10-11H,2,7-9H2,1H3,(H2,20,21,22). The molecule has 0 bridgehead atoms. The van der Waals surface area contributed by atoms with E-state index in [1.165, 1.54) is 6.33 Å². The molecular formula is C15H19F3N6. The molecule has 0 aliphatic rings. The first-order valence-corrected chi connectivity index (χ1v) is 7.51. The Morgan fingerprint density at radius 1 is 1.21 bits per heavy atom. The fourth-order valence-corrected chi connectivity index (χ4v) is 1.93. The second-order valence-corrected chi connectivity index (χ2v) is 4.99. The maximum Gasteiger partial charge on any atom is 0.390 e. The van der Waals surface area contributed by atoms with Gasteiger partial charge in [-0.05, 0) is 24.6 Å². The zero-order chi connectivity index (χ0) is 17.4. The van der Waals surface area contributed by atoms with Crippen LogP contribution in [0.2, 0.25) is 0 Å². The van der Waals surface area contributed by atoms with E-state index in [0.717, 1.165) is 11.3 Å². The molecule has 2 aromatic rings. The maximum atomic E-state index is 12.2. The minimum absolute atomic E-state index is 0.208. The molecule has 1 heterocycles. The smallest absolute Gasteiger partial charge is 0.357 e. The minimum atomic E-state index is -4.18. The van der Waals surface area contributed by atoms with Crippen LogP contribution >= 0.6 is 0 Å².